The van der Waals surface area contributed by atoms with Crippen LogP contribution in [0.4, 0.5) is 0 Å². The van der Waals surface area contributed by atoms with E-state index < -0.39 is 0 Å². The highest BCUT2D eigenvalue weighted by atomic mass is 16.5. The standard InChI is InChI=1S/C20H22O4/c1-20(2,3)16-11-14(19(24-4)12-18(16)23)7-10-17(22)13-5-8-15(21)9-6-13/h5-12,21,23H,1-4H3. The SMILES string of the molecule is COc1cc(O)c(C(C)(C)C)cc1C=CC(=O)c1ccc(O)cc1. The van der Waals surface area contributed by atoms with Crippen LogP contribution in [0.5, 0.6) is 17.2 Å². The van der Waals surface area contributed by atoms with E-state index in [-0.39, 0.29) is 22.7 Å². The molecule has 126 valence electrons. The number of methoxy groups -OCH3 is 1. The molecule has 0 aliphatic carbocycles. The summed E-state index contributed by atoms with van der Waals surface area (Å²) in [4.78, 5) is 12.2. The van der Waals surface area contributed by atoms with Crippen LogP contribution in [0.15, 0.2) is 42.5 Å². The number of hydrogen-bond donors (Lipinski definition) is 2. The van der Waals surface area contributed by atoms with Crippen LogP contribution in [0, 0.1) is 0 Å². The molecule has 2 N–H and O–H groups in total. The van der Waals surface area contributed by atoms with E-state index in [2.05, 4.69) is 0 Å². The van der Waals surface area contributed by atoms with Crippen molar-refractivity contribution in [3.05, 3.63) is 59.2 Å². The van der Waals surface area contributed by atoms with E-state index in [1.807, 2.05) is 26.8 Å². The number of carbonyl (C=O) groups excluding carboxylic acids is 1. The van der Waals surface area contributed by atoms with Gasteiger partial charge in [0.2, 0.25) is 0 Å². The van der Waals surface area contributed by atoms with Gasteiger partial charge in [-0.15, -0.1) is 0 Å². The first-order chi connectivity index (χ1) is 11.2. The van der Waals surface area contributed by atoms with E-state index in [9.17, 15) is 15.0 Å². The van der Waals surface area contributed by atoms with Gasteiger partial charge in [-0.2, -0.15) is 0 Å². The first-order valence-corrected chi connectivity index (χ1v) is 7.65. The zero-order valence-electron chi connectivity index (χ0n) is 14.3. The second-order valence-corrected chi connectivity index (χ2v) is 6.61. The Kier molecular flexibility index (Phi) is 4.98. The molecule has 0 aliphatic rings. The number of ether oxygens (including phenoxy) is 1. The van der Waals surface area contributed by atoms with Crippen molar-refractivity contribution < 1.29 is 19.7 Å². The summed E-state index contributed by atoms with van der Waals surface area (Å²) < 4.78 is 5.29. The van der Waals surface area contributed by atoms with E-state index in [0.717, 1.165) is 5.56 Å². The van der Waals surface area contributed by atoms with Gasteiger partial charge in [0, 0.05) is 22.8 Å². The summed E-state index contributed by atoms with van der Waals surface area (Å²) in [6, 6.07) is 9.47. The van der Waals surface area contributed by atoms with Gasteiger partial charge < -0.3 is 14.9 Å². The van der Waals surface area contributed by atoms with E-state index in [0.29, 0.717) is 16.9 Å². The zero-order valence-corrected chi connectivity index (χ0v) is 14.3. The molecule has 0 aliphatic heterocycles. The Morgan fingerprint density at radius 3 is 2.25 bits per heavy atom. The van der Waals surface area contributed by atoms with Crippen molar-refractivity contribution in [3.8, 4) is 17.2 Å². The molecular formula is C20H22O4. The van der Waals surface area contributed by atoms with Crippen molar-refractivity contribution in [1.82, 2.24) is 0 Å². The molecule has 0 heterocycles. The van der Waals surface area contributed by atoms with E-state index >= 15 is 0 Å². The molecular weight excluding hydrogens is 304 g/mol. The lowest BCUT2D eigenvalue weighted by atomic mass is 9.85. The van der Waals surface area contributed by atoms with E-state index in [1.54, 1.807) is 24.3 Å². The molecule has 0 fully saturated rings. The number of rotatable bonds is 4. The molecule has 0 saturated carbocycles. The minimum atomic E-state index is -0.236. The van der Waals surface area contributed by atoms with Gasteiger partial charge in [0.05, 0.1) is 7.11 Å². The minimum Gasteiger partial charge on any atom is -0.508 e. The van der Waals surface area contributed by atoms with Crippen LogP contribution in [-0.2, 0) is 5.41 Å². The molecule has 0 aromatic heterocycles. The fourth-order valence-corrected chi connectivity index (χ4v) is 2.38. The number of allylic oxidation sites excluding steroid dienone is 1. The van der Waals surface area contributed by atoms with Gasteiger partial charge >= 0.3 is 0 Å². The third kappa shape index (κ3) is 3.96. The second kappa shape index (κ2) is 6.79. The molecule has 0 unspecified atom stereocenters. The maximum Gasteiger partial charge on any atom is 0.185 e. The van der Waals surface area contributed by atoms with Crippen LogP contribution >= 0.6 is 0 Å². The maximum atomic E-state index is 12.2. The summed E-state index contributed by atoms with van der Waals surface area (Å²) in [7, 11) is 1.52. The summed E-state index contributed by atoms with van der Waals surface area (Å²) in [5.74, 6) is 0.601. The minimum absolute atomic E-state index is 0.116. The largest absolute Gasteiger partial charge is 0.508 e. The van der Waals surface area contributed by atoms with Gasteiger partial charge in [0.1, 0.15) is 17.2 Å². The van der Waals surface area contributed by atoms with Crippen LogP contribution < -0.4 is 4.74 Å². The third-order valence-corrected chi connectivity index (χ3v) is 3.72. The zero-order chi connectivity index (χ0) is 17.9. The molecule has 2 aromatic carbocycles. The van der Waals surface area contributed by atoms with Crippen molar-refractivity contribution >= 4 is 11.9 Å². The summed E-state index contributed by atoms with van der Waals surface area (Å²) >= 11 is 0. The normalized spacial score (nSPS) is 11.7. The molecule has 4 nitrogen and oxygen atoms in total. The van der Waals surface area contributed by atoms with Gasteiger partial charge in [0.25, 0.3) is 0 Å². The van der Waals surface area contributed by atoms with Gasteiger partial charge in [-0.25, -0.2) is 0 Å². The molecule has 0 radical (unpaired) electrons. The van der Waals surface area contributed by atoms with E-state index in [1.165, 1.54) is 25.3 Å². The Labute approximate surface area is 142 Å². The maximum absolute atomic E-state index is 12.2. The Balaban J connectivity index is 2.37. The van der Waals surface area contributed by atoms with Crippen molar-refractivity contribution in [3.63, 3.8) is 0 Å². The molecule has 0 saturated heterocycles. The lowest BCUT2D eigenvalue weighted by molar-refractivity contribution is 0.104. The second-order valence-electron chi connectivity index (χ2n) is 6.61. The number of hydrogen-bond acceptors (Lipinski definition) is 4. The number of carbonyl (C=O) groups is 1. The molecule has 0 bridgehead atoms. The van der Waals surface area contributed by atoms with Crippen LogP contribution in [-0.4, -0.2) is 23.1 Å². The van der Waals surface area contributed by atoms with Gasteiger partial charge in [0.15, 0.2) is 5.78 Å². The van der Waals surface area contributed by atoms with Gasteiger partial charge in [-0.05, 0) is 47.9 Å². The molecule has 0 atom stereocenters. The summed E-state index contributed by atoms with van der Waals surface area (Å²) in [6.07, 6.45) is 3.12. The highest BCUT2D eigenvalue weighted by molar-refractivity contribution is 6.07. The number of phenols is 2. The quantitative estimate of drug-likeness (QED) is 0.649. The summed E-state index contributed by atoms with van der Waals surface area (Å²) in [5.41, 5.74) is 1.74. The first kappa shape index (κ1) is 17.6. The Hall–Kier alpha value is -2.75. The average Bonchev–Trinajstić information content (AvgIpc) is 2.52. The third-order valence-electron chi connectivity index (χ3n) is 3.72. The van der Waals surface area contributed by atoms with Crippen molar-refractivity contribution in [2.24, 2.45) is 0 Å². The summed E-state index contributed by atoms with van der Waals surface area (Å²) in [5, 5.41) is 19.4. The average molecular weight is 326 g/mol. The molecule has 4 heteroatoms. The number of aromatic hydroxyl groups is 2. The Morgan fingerprint density at radius 2 is 1.71 bits per heavy atom. The Bertz CT molecular complexity index is 765. The lowest BCUT2D eigenvalue weighted by Crippen LogP contribution is -2.11. The number of phenolic OH excluding ortho intramolecular Hbond substituents is 2. The molecule has 2 aromatic rings. The molecule has 2 rings (SSSR count). The first-order valence-electron chi connectivity index (χ1n) is 7.65. The number of ketones is 1. The highest BCUT2D eigenvalue weighted by Gasteiger charge is 2.20. The smallest absolute Gasteiger partial charge is 0.185 e. The predicted molar refractivity (Wildman–Crippen MR) is 94.8 cm³/mol. The van der Waals surface area contributed by atoms with Crippen molar-refractivity contribution in [1.29, 1.82) is 0 Å². The predicted octanol–water partition coefficient (Wildman–Crippen LogP) is 4.30. The fourth-order valence-electron chi connectivity index (χ4n) is 2.38. The lowest BCUT2D eigenvalue weighted by Gasteiger charge is -2.22. The van der Waals surface area contributed by atoms with E-state index in [4.69, 9.17) is 4.74 Å². The van der Waals surface area contributed by atoms with Crippen LogP contribution in [0.1, 0.15) is 42.3 Å². The molecule has 24 heavy (non-hydrogen) atoms. The summed E-state index contributed by atoms with van der Waals surface area (Å²) in [6.45, 7) is 6.01. The van der Waals surface area contributed by atoms with Gasteiger partial charge in [-0.1, -0.05) is 20.8 Å². The number of benzene rings is 2. The van der Waals surface area contributed by atoms with Crippen molar-refractivity contribution in [2.45, 2.75) is 26.2 Å². The topological polar surface area (TPSA) is 66.8 Å². The highest BCUT2D eigenvalue weighted by Crippen LogP contribution is 2.36. The fraction of sp³-hybridized carbons (Fsp3) is 0.250. The van der Waals surface area contributed by atoms with Crippen LogP contribution in [0.25, 0.3) is 6.08 Å². The monoisotopic (exact) mass is 326 g/mol. The van der Waals surface area contributed by atoms with Crippen LogP contribution in [0.3, 0.4) is 0 Å². The van der Waals surface area contributed by atoms with Crippen molar-refractivity contribution in [2.75, 3.05) is 7.11 Å². The van der Waals surface area contributed by atoms with Crippen LogP contribution in [0.2, 0.25) is 0 Å². The molecule has 0 amide bonds. The Morgan fingerprint density at radius 1 is 1.08 bits per heavy atom. The molecule has 0 spiro atoms. The van der Waals surface area contributed by atoms with Gasteiger partial charge in [-0.3, -0.25) is 4.79 Å².